The lowest BCUT2D eigenvalue weighted by Crippen LogP contribution is -2.35. The van der Waals surface area contributed by atoms with E-state index < -0.39 is 0 Å². The third-order valence-corrected chi connectivity index (χ3v) is 4.12. The van der Waals surface area contributed by atoms with E-state index in [1.54, 1.807) is 17.3 Å². The average molecular weight is 356 g/mol. The van der Waals surface area contributed by atoms with Gasteiger partial charge in [-0.25, -0.2) is 4.79 Å². The summed E-state index contributed by atoms with van der Waals surface area (Å²) >= 11 is 0. The molecule has 0 aliphatic rings. The van der Waals surface area contributed by atoms with Gasteiger partial charge in [-0.3, -0.25) is 4.98 Å². The van der Waals surface area contributed by atoms with Gasteiger partial charge in [0.25, 0.3) is 0 Å². The summed E-state index contributed by atoms with van der Waals surface area (Å²) in [5.74, 6) is 0. The molecule has 0 atom stereocenters. The molecule has 2 amide bonds. The van der Waals surface area contributed by atoms with Crippen molar-refractivity contribution in [2.45, 2.75) is 13.0 Å². The van der Waals surface area contributed by atoms with Crippen LogP contribution >= 0.6 is 0 Å². The molecule has 0 unspecified atom stereocenters. The van der Waals surface area contributed by atoms with Crippen LogP contribution in [-0.2, 0) is 6.54 Å². The monoisotopic (exact) mass is 356 g/mol. The number of nitrogens with zero attached hydrogens (tertiary/aromatic N) is 3. The summed E-state index contributed by atoms with van der Waals surface area (Å²) in [6, 6.07) is 23.4. The number of amides is 2. The summed E-state index contributed by atoms with van der Waals surface area (Å²) in [7, 11) is 0. The van der Waals surface area contributed by atoms with Crippen molar-refractivity contribution in [3.63, 3.8) is 0 Å². The highest BCUT2D eigenvalue weighted by atomic mass is 16.2. The fraction of sp³-hybridized carbons (Fsp3) is 0.136. The molecule has 0 radical (unpaired) electrons. The first kappa shape index (κ1) is 18.2. The van der Waals surface area contributed by atoms with E-state index >= 15 is 0 Å². The standard InChI is InChI=1S/C22H20N4O/c23-13-5-15-26(17-18-6-4-14-24-16-18)22(27)25-21-11-9-20(10-12-21)19-7-2-1-3-8-19/h1-4,6-12,14,16H,5,15,17H2,(H,25,27). The summed E-state index contributed by atoms with van der Waals surface area (Å²) in [6.07, 6.45) is 3.69. The molecule has 3 rings (SSSR count). The van der Waals surface area contributed by atoms with Crippen LogP contribution in [0.25, 0.3) is 11.1 Å². The van der Waals surface area contributed by atoms with Crippen LogP contribution in [0, 0.1) is 11.3 Å². The molecule has 2 aromatic carbocycles. The molecule has 0 bridgehead atoms. The number of hydrogen-bond donors (Lipinski definition) is 1. The molecule has 27 heavy (non-hydrogen) atoms. The van der Waals surface area contributed by atoms with Gasteiger partial charge in [-0.05, 0) is 34.9 Å². The van der Waals surface area contributed by atoms with Gasteiger partial charge in [-0.15, -0.1) is 0 Å². The van der Waals surface area contributed by atoms with Crippen LogP contribution in [0.1, 0.15) is 12.0 Å². The number of nitriles is 1. The highest BCUT2D eigenvalue weighted by molar-refractivity contribution is 5.89. The van der Waals surface area contributed by atoms with E-state index in [4.69, 9.17) is 5.26 Å². The van der Waals surface area contributed by atoms with E-state index in [-0.39, 0.29) is 12.5 Å². The third kappa shape index (κ3) is 5.16. The van der Waals surface area contributed by atoms with E-state index in [0.29, 0.717) is 18.8 Å². The fourth-order valence-electron chi connectivity index (χ4n) is 2.73. The lowest BCUT2D eigenvalue weighted by Gasteiger charge is -2.22. The second-order valence-electron chi connectivity index (χ2n) is 6.06. The number of urea groups is 1. The number of aromatic nitrogens is 1. The number of nitrogens with one attached hydrogen (secondary N) is 1. The zero-order valence-electron chi connectivity index (χ0n) is 14.9. The molecule has 0 saturated heterocycles. The molecular weight excluding hydrogens is 336 g/mol. The Kier molecular flexibility index (Phi) is 6.16. The van der Waals surface area contributed by atoms with Gasteiger partial charge < -0.3 is 10.2 Å². The molecular formula is C22H20N4O. The Morgan fingerprint density at radius 3 is 2.41 bits per heavy atom. The van der Waals surface area contributed by atoms with Crippen molar-refractivity contribution in [3.05, 3.63) is 84.7 Å². The Morgan fingerprint density at radius 1 is 1.00 bits per heavy atom. The zero-order chi connectivity index (χ0) is 18.9. The molecule has 1 heterocycles. The van der Waals surface area contributed by atoms with E-state index in [9.17, 15) is 4.79 Å². The minimum Gasteiger partial charge on any atom is -0.319 e. The van der Waals surface area contributed by atoms with Crippen molar-refractivity contribution in [1.82, 2.24) is 9.88 Å². The lowest BCUT2D eigenvalue weighted by atomic mass is 10.1. The maximum absolute atomic E-state index is 12.7. The summed E-state index contributed by atoms with van der Waals surface area (Å²) < 4.78 is 0. The Balaban J connectivity index is 1.68. The predicted molar refractivity (Wildman–Crippen MR) is 106 cm³/mol. The molecule has 0 saturated carbocycles. The highest BCUT2D eigenvalue weighted by Gasteiger charge is 2.14. The fourth-order valence-corrected chi connectivity index (χ4v) is 2.73. The Labute approximate surface area is 158 Å². The maximum atomic E-state index is 12.7. The van der Waals surface area contributed by atoms with Crippen molar-refractivity contribution in [2.24, 2.45) is 0 Å². The van der Waals surface area contributed by atoms with Gasteiger partial charge in [-0.2, -0.15) is 5.26 Å². The number of rotatable bonds is 6. The molecule has 1 aromatic heterocycles. The van der Waals surface area contributed by atoms with Crippen LogP contribution in [0.15, 0.2) is 79.1 Å². The summed E-state index contributed by atoms with van der Waals surface area (Å²) in [4.78, 5) is 18.4. The number of carbonyl (C=O) groups excluding carboxylic acids is 1. The Bertz CT molecular complexity index is 903. The molecule has 0 aliphatic carbocycles. The number of hydrogen-bond acceptors (Lipinski definition) is 3. The Morgan fingerprint density at radius 2 is 1.74 bits per heavy atom. The van der Waals surface area contributed by atoms with Gasteiger partial charge in [-0.1, -0.05) is 48.5 Å². The van der Waals surface area contributed by atoms with Crippen LogP contribution in [0.5, 0.6) is 0 Å². The second kappa shape index (κ2) is 9.16. The van der Waals surface area contributed by atoms with Crippen LogP contribution in [0.4, 0.5) is 10.5 Å². The van der Waals surface area contributed by atoms with Gasteiger partial charge in [0.1, 0.15) is 0 Å². The SMILES string of the molecule is N#CCCN(Cc1cccnc1)C(=O)Nc1ccc(-c2ccccc2)cc1. The summed E-state index contributed by atoms with van der Waals surface area (Å²) in [5, 5.41) is 11.8. The smallest absolute Gasteiger partial charge is 0.319 e. The van der Waals surface area contributed by atoms with Gasteiger partial charge in [0.15, 0.2) is 0 Å². The van der Waals surface area contributed by atoms with Crippen molar-refractivity contribution in [1.29, 1.82) is 5.26 Å². The van der Waals surface area contributed by atoms with Crippen LogP contribution in [0.3, 0.4) is 0 Å². The molecule has 0 fully saturated rings. The van der Waals surface area contributed by atoms with Gasteiger partial charge in [0, 0.05) is 31.2 Å². The van der Waals surface area contributed by atoms with E-state index in [1.165, 1.54) is 0 Å². The summed E-state index contributed by atoms with van der Waals surface area (Å²) in [6.45, 7) is 0.767. The normalized spacial score (nSPS) is 10.0. The van der Waals surface area contributed by atoms with Crippen molar-refractivity contribution in [2.75, 3.05) is 11.9 Å². The number of benzene rings is 2. The van der Waals surface area contributed by atoms with E-state index in [1.807, 2.05) is 66.7 Å². The van der Waals surface area contributed by atoms with Crippen LogP contribution in [-0.4, -0.2) is 22.5 Å². The molecule has 3 aromatic rings. The van der Waals surface area contributed by atoms with Crippen molar-refractivity contribution >= 4 is 11.7 Å². The largest absolute Gasteiger partial charge is 0.322 e. The van der Waals surface area contributed by atoms with Gasteiger partial charge in [0.2, 0.25) is 0 Å². The minimum absolute atomic E-state index is 0.235. The van der Waals surface area contributed by atoms with Gasteiger partial charge in [0.05, 0.1) is 12.5 Å². The minimum atomic E-state index is -0.235. The quantitative estimate of drug-likeness (QED) is 0.696. The topological polar surface area (TPSA) is 69.0 Å². The van der Waals surface area contributed by atoms with E-state index in [2.05, 4.69) is 16.4 Å². The van der Waals surface area contributed by atoms with E-state index in [0.717, 1.165) is 16.7 Å². The first-order chi connectivity index (χ1) is 13.3. The number of pyridine rings is 1. The molecule has 0 aliphatic heterocycles. The van der Waals surface area contributed by atoms with Crippen LogP contribution < -0.4 is 5.32 Å². The average Bonchev–Trinajstić information content (AvgIpc) is 2.73. The molecule has 0 spiro atoms. The molecule has 5 nitrogen and oxygen atoms in total. The lowest BCUT2D eigenvalue weighted by molar-refractivity contribution is 0.210. The number of anilines is 1. The predicted octanol–water partition coefficient (Wildman–Crippen LogP) is 4.70. The number of carbonyl (C=O) groups is 1. The third-order valence-electron chi connectivity index (χ3n) is 4.12. The molecule has 134 valence electrons. The maximum Gasteiger partial charge on any atom is 0.322 e. The summed E-state index contributed by atoms with van der Waals surface area (Å²) in [5.41, 5.74) is 3.85. The first-order valence-corrected chi connectivity index (χ1v) is 8.73. The second-order valence-corrected chi connectivity index (χ2v) is 6.06. The van der Waals surface area contributed by atoms with Crippen molar-refractivity contribution < 1.29 is 4.79 Å². The molecule has 5 heteroatoms. The van der Waals surface area contributed by atoms with Gasteiger partial charge >= 0.3 is 6.03 Å². The van der Waals surface area contributed by atoms with Crippen LogP contribution in [0.2, 0.25) is 0 Å². The van der Waals surface area contributed by atoms with Crippen molar-refractivity contribution in [3.8, 4) is 17.2 Å². The molecule has 1 N–H and O–H groups in total. The Hall–Kier alpha value is -3.65. The first-order valence-electron chi connectivity index (χ1n) is 8.73. The highest BCUT2D eigenvalue weighted by Crippen LogP contribution is 2.21. The zero-order valence-corrected chi connectivity index (χ0v) is 14.9.